The number of carbonyl (C=O) groups is 1. The normalized spacial score (nSPS) is 10.5. The second-order valence-electron chi connectivity index (χ2n) is 5.51. The number of carbonyl (C=O) groups excluding carboxylic acids is 1. The molecular formula is C19H21N5OS. The predicted molar refractivity (Wildman–Crippen MR) is 105 cm³/mol. The molecule has 1 heterocycles. The van der Waals surface area contributed by atoms with Crippen LogP contribution in [0.2, 0.25) is 0 Å². The van der Waals surface area contributed by atoms with E-state index in [4.69, 9.17) is 0 Å². The molecule has 0 radical (unpaired) electrons. The van der Waals surface area contributed by atoms with Gasteiger partial charge in [-0.05, 0) is 37.4 Å². The number of rotatable bonds is 6. The molecule has 2 aromatic carbocycles. The van der Waals surface area contributed by atoms with E-state index >= 15 is 0 Å². The topological polar surface area (TPSA) is 63.1 Å². The van der Waals surface area contributed by atoms with Crippen molar-refractivity contribution in [2.75, 3.05) is 11.2 Å². The average Bonchev–Trinajstić information content (AvgIpc) is 3.10. The van der Waals surface area contributed by atoms with Crippen molar-refractivity contribution in [1.82, 2.24) is 20.1 Å². The molecule has 0 saturated carbocycles. The van der Waals surface area contributed by atoms with Gasteiger partial charge in [0, 0.05) is 6.54 Å². The lowest BCUT2D eigenvalue weighted by molar-refractivity contribution is 0.247. The standard InChI is InChI=1S/C19H21N5OS/c1-3-23-17(21-22-19(23)26-2)14-20-18(25)24(15-10-6-4-7-11-15)16-12-8-5-9-13-16/h4-13H,3,14H2,1-2H3,(H,20,25). The van der Waals surface area contributed by atoms with Gasteiger partial charge in [-0.15, -0.1) is 10.2 Å². The smallest absolute Gasteiger partial charge is 0.326 e. The van der Waals surface area contributed by atoms with Crippen LogP contribution in [0.15, 0.2) is 65.8 Å². The number of amides is 2. The van der Waals surface area contributed by atoms with Gasteiger partial charge in [0.25, 0.3) is 0 Å². The first-order valence-corrected chi connectivity index (χ1v) is 9.61. The maximum atomic E-state index is 12.9. The van der Waals surface area contributed by atoms with Crippen molar-refractivity contribution in [2.24, 2.45) is 0 Å². The van der Waals surface area contributed by atoms with E-state index in [2.05, 4.69) is 15.5 Å². The Hall–Kier alpha value is -2.80. The van der Waals surface area contributed by atoms with Crippen LogP contribution in [0.5, 0.6) is 0 Å². The molecule has 0 aliphatic heterocycles. The van der Waals surface area contributed by atoms with Crippen LogP contribution in [0.3, 0.4) is 0 Å². The van der Waals surface area contributed by atoms with Gasteiger partial charge in [0.15, 0.2) is 11.0 Å². The van der Waals surface area contributed by atoms with Gasteiger partial charge in [-0.3, -0.25) is 4.90 Å². The molecule has 26 heavy (non-hydrogen) atoms. The Bertz CT molecular complexity index is 811. The highest BCUT2D eigenvalue weighted by Gasteiger charge is 2.18. The van der Waals surface area contributed by atoms with Crippen LogP contribution in [-0.2, 0) is 13.1 Å². The van der Waals surface area contributed by atoms with Crippen LogP contribution >= 0.6 is 11.8 Å². The number of hydrogen-bond acceptors (Lipinski definition) is 4. The minimum Gasteiger partial charge on any atom is -0.330 e. The van der Waals surface area contributed by atoms with E-state index in [0.717, 1.165) is 28.9 Å². The van der Waals surface area contributed by atoms with E-state index < -0.39 is 0 Å². The number of hydrogen-bond donors (Lipinski definition) is 1. The van der Waals surface area contributed by atoms with E-state index in [1.54, 1.807) is 16.7 Å². The minimum absolute atomic E-state index is 0.209. The summed E-state index contributed by atoms with van der Waals surface area (Å²) in [6, 6.07) is 18.9. The maximum Gasteiger partial charge on any atom is 0.326 e. The molecule has 3 rings (SSSR count). The summed E-state index contributed by atoms with van der Waals surface area (Å²) in [7, 11) is 0. The highest BCUT2D eigenvalue weighted by Crippen LogP contribution is 2.25. The molecule has 0 unspecified atom stereocenters. The molecule has 7 heteroatoms. The fraction of sp³-hybridized carbons (Fsp3) is 0.211. The van der Waals surface area contributed by atoms with Gasteiger partial charge in [0.2, 0.25) is 0 Å². The highest BCUT2D eigenvalue weighted by atomic mass is 32.2. The van der Waals surface area contributed by atoms with Gasteiger partial charge in [-0.25, -0.2) is 4.79 Å². The Balaban J connectivity index is 1.82. The molecule has 3 aromatic rings. The fourth-order valence-electron chi connectivity index (χ4n) is 2.69. The number of anilines is 2. The van der Waals surface area contributed by atoms with Crippen molar-refractivity contribution in [2.45, 2.75) is 25.2 Å². The summed E-state index contributed by atoms with van der Waals surface area (Å²) >= 11 is 1.54. The van der Waals surface area contributed by atoms with Crippen LogP contribution in [0.1, 0.15) is 12.7 Å². The van der Waals surface area contributed by atoms with E-state index in [-0.39, 0.29) is 6.03 Å². The van der Waals surface area contributed by atoms with Crippen LogP contribution in [0.25, 0.3) is 0 Å². The van der Waals surface area contributed by atoms with E-state index in [1.807, 2.05) is 78.4 Å². The minimum atomic E-state index is -0.209. The van der Waals surface area contributed by atoms with Crippen LogP contribution < -0.4 is 10.2 Å². The number of nitrogens with one attached hydrogen (secondary N) is 1. The molecule has 0 fully saturated rings. The lowest BCUT2D eigenvalue weighted by Gasteiger charge is -2.23. The van der Waals surface area contributed by atoms with Crippen molar-refractivity contribution >= 4 is 29.2 Å². The van der Waals surface area contributed by atoms with Gasteiger partial charge in [0.05, 0.1) is 17.9 Å². The first-order valence-electron chi connectivity index (χ1n) is 8.38. The van der Waals surface area contributed by atoms with Crippen molar-refractivity contribution in [1.29, 1.82) is 0 Å². The molecule has 1 N–H and O–H groups in total. The second-order valence-corrected chi connectivity index (χ2v) is 6.29. The van der Waals surface area contributed by atoms with Crippen molar-refractivity contribution < 1.29 is 4.79 Å². The molecule has 0 atom stereocenters. The number of nitrogens with zero attached hydrogens (tertiary/aromatic N) is 4. The zero-order chi connectivity index (χ0) is 18.4. The van der Waals surface area contributed by atoms with Crippen molar-refractivity contribution in [3.63, 3.8) is 0 Å². The van der Waals surface area contributed by atoms with E-state index in [9.17, 15) is 4.79 Å². The molecule has 2 amide bonds. The molecule has 0 aliphatic carbocycles. The quantitative estimate of drug-likeness (QED) is 0.667. The summed E-state index contributed by atoms with van der Waals surface area (Å²) in [6.07, 6.45) is 1.96. The second kappa shape index (κ2) is 8.53. The Morgan fingerprint density at radius 1 is 1.04 bits per heavy atom. The third kappa shape index (κ3) is 3.88. The molecule has 0 aliphatic rings. The van der Waals surface area contributed by atoms with Crippen LogP contribution in [0, 0.1) is 0 Å². The molecule has 0 bridgehead atoms. The molecule has 0 saturated heterocycles. The number of aromatic nitrogens is 3. The monoisotopic (exact) mass is 367 g/mol. The SMILES string of the molecule is CCn1c(CNC(=O)N(c2ccccc2)c2ccccc2)nnc1SC. The average molecular weight is 367 g/mol. The third-order valence-corrected chi connectivity index (χ3v) is 4.59. The lowest BCUT2D eigenvalue weighted by Crippen LogP contribution is -2.37. The summed E-state index contributed by atoms with van der Waals surface area (Å²) < 4.78 is 2.00. The van der Waals surface area contributed by atoms with Gasteiger partial charge in [-0.2, -0.15) is 0 Å². The summed E-state index contributed by atoms with van der Waals surface area (Å²) in [5, 5.41) is 12.2. The Morgan fingerprint density at radius 2 is 1.62 bits per heavy atom. The first-order chi connectivity index (χ1) is 12.7. The highest BCUT2D eigenvalue weighted by molar-refractivity contribution is 7.98. The fourth-order valence-corrected chi connectivity index (χ4v) is 3.27. The number of para-hydroxylation sites is 2. The molecule has 0 spiro atoms. The summed E-state index contributed by atoms with van der Waals surface area (Å²) in [5.74, 6) is 0.742. The molecule has 1 aromatic heterocycles. The van der Waals surface area contributed by atoms with Gasteiger partial charge >= 0.3 is 6.03 Å². The van der Waals surface area contributed by atoms with Gasteiger partial charge < -0.3 is 9.88 Å². The molecule has 6 nitrogen and oxygen atoms in total. The van der Waals surface area contributed by atoms with Crippen molar-refractivity contribution in [3.8, 4) is 0 Å². The maximum absolute atomic E-state index is 12.9. The Morgan fingerprint density at radius 3 is 2.12 bits per heavy atom. The van der Waals surface area contributed by atoms with E-state index in [0.29, 0.717) is 6.54 Å². The number of benzene rings is 2. The zero-order valence-electron chi connectivity index (χ0n) is 14.8. The van der Waals surface area contributed by atoms with Crippen LogP contribution in [0.4, 0.5) is 16.2 Å². The van der Waals surface area contributed by atoms with Gasteiger partial charge in [0.1, 0.15) is 0 Å². The summed E-state index contributed by atoms with van der Waals surface area (Å²) in [5.41, 5.74) is 1.61. The zero-order valence-corrected chi connectivity index (χ0v) is 15.6. The lowest BCUT2D eigenvalue weighted by atomic mass is 10.2. The number of thioether (sulfide) groups is 1. The molecule has 134 valence electrons. The van der Waals surface area contributed by atoms with Crippen LogP contribution in [-0.4, -0.2) is 27.1 Å². The number of urea groups is 1. The largest absolute Gasteiger partial charge is 0.330 e. The Kier molecular flexibility index (Phi) is 5.91. The van der Waals surface area contributed by atoms with Crippen molar-refractivity contribution in [3.05, 3.63) is 66.5 Å². The first kappa shape index (κ1) is 18.0. The van der Waals surface area contributed by atoms with E-state index in [1.165, 1.54) is 0 Å². The molecular weight excluding hydrogens is 346 g/mol. The van der Waals surface area contributed by atoms with Gasteiger partial charge in [-0.1, -0.05) is 48.2 Å². The third-order valence-electron chi connectivity index (χ3n) is 3.92. The summed E-state index contributed by atoms with van der Waals surface area (Å²) in [4.78, 5) is 14.6. The summed E-state index contributed by atoms with van der Waals surface area (Å²) in [6.45, 7) is 3.11. The predicted octanol–water partition coefficient (Wildman–Crippen LogP) is 4.07. The Labute approximate surface area is 157 Å².